The summed E-state index contributed by atoms with van der Waals surface area (Å²) in [5.74, 6) is 0.0905. The molecular weight excluding hydrogens is 396 g/mol. The molecule has 1 aromatic rings. The van der Waals surface area contributed by atoms with Gasteiger partial charge in [-0.3, -0.25) is 9.59 Å². The van der Waals surface area contributed by atoms with Gasteiger partial charge in [-0.05, 0) is 25.3 Å². The van der Waals surface area contributed by atoms with Crippen LogP contribution in [0.15, 0.2) is 29.6 Å². The first kappa shape index (κ1) is 21.1. The van der Waals surface area contributed by atoms with Crippen molar-refractivity contribution in [3.63, 3.8) is 0 Å². The molecule has 2 fully saturated rings. The van der Waals surface area contributed by atoms with Gasteiger partial charge < -0.3 is 19.3 Å². The minimum absolute atomic E-state index is 0.0630. The molecule has 2 aliphatic rings. The number of ether oxygens (including phenoxy) is 2. The minimum atomic E-state index is -0.495. The number of hydrogen-bond donors (Lipinski definition) is 0. The Kier molecular flexibility index (Phi) is 7.45. The largest absolute Gasteiger partial charge is 0.466 e. The average molecular weight is 420 g/mol. The molecule has 156 valence electrons. The normalized spacial score (nSPS) is 18.9. The highest BCUT2D eigenvalue weighted by molar-refractivity contribution is 8.04. The van der Waals surface area contributed by atoms with Crippen molar-refractivity contribution in [3.8, 4) is 0 Å². The van der Waals surface area contributed by atoms with Gasteiger partial charge in [-0.2, -0.15) is 0 Å². The van der Waals surface area contributed by atoms with Gasteiger partial charge in [-0.15, -0.1) is 0 Å². The third-order valence-corrected chi connectivity index (χ3v) is 5.81. The summed E-state index contributed by atoms with van der Waals surface area (Å²) in [6, 6.07) is 1.77. The number of aromatic nitrogens is 2. The van der Waals surface area contributed by atoms with Crippen molar-refractivity contribution in [2.75, 3.05) is 44.0 Å². The number of methoxy groups -OCH3 is 1. The van der Waals surface area contributed by atoms with E-state index in [1.807, 2.05) is 0 Å². The van der Waals surface area contributed by atoms with Crippen molar-refractivity contribution in [1.29, 1.82) is 0 Å². The first-order chi connectivity index (χ1) is 14.1. The van der Waals surface area contributed by atoms with Crippen LogP contribution >= 0.6 is 11.8 Å². The Balaban J connectivity index is 1.38. The lowest BCUT2D eigenvalue weighted by Gasteiger charge is -2.30. The second-order valence-electron chi connectivity index (χ2n) is 6.67. The van der Waals surface area contributed by atoms with Crippen molar-refractivity contribution in [1.82, 2.24) is 14.9 Å². The quantitative estimate of drug-likeness (QED) is 0.366. The Morgan fingerprint density at radius 1 is 1.28 bits per heavy atom. The molecule has 9 nitrogen and oxygen atoms in total. The van der Waals surface area contributed by atoms with Crippen LogP contribution in [-0.4, -0.2) is 71.8 Å². The zero-order chi connectivity index (χ0) is 20.6. The summed E-state index contributed by atoms with van der Waals surface area (Å²) in [6.45, 7) is 2.06. The number of carbonyl (C=O) groups is 3. The minimum Gasteiger partial charge on any atom is -0.466 e. The number of nitrogens with zero attached hydrogens (tertiary/aromatic N) is 4. The molecule has 0 aromatic carbocycles. The molecule has 0 spiro atoms. The second kappa shape index (κ2) is 10.2. The molecule has 10 heteroatoms. The molecule has 3 heterocycles. The van der Waals surface area contributed by atoms with Crippen LogP contribution in [0.25, 0.3) is 0 Å². The molecule has 2 aliphatic heterocycles. The lowest BCUT2D eigenvalue weighted by atomic mass is 9.97. The Hall–Kier alpha value is -2.62. The number of esters is 2. The van der Waals surface area contributed by atoms with Crippen LogP contribution in [0, 0.1) is 5.92 Å². The predicted molar refractivity (Wildman–Crippen MR) is 107 cm³/mol. The monoisotopic (exact) mass is 420 g/mol. The first-order valence-corrected chi connectivity index (χ1v) is 10.5. The van der Waals surface area contributed by atoms with Gasteiger partial charge >= 0.3 is 11.9 Å². The maximum atomic E-state index is 12.3. The molecule has 0 unspecified atom stereocenters. The summed E-state index contributed by atoms with van der Waals surface area (Å²) in [4.78, 5) is 47.8. The molecule has 0 N–H and O–H groups in total. The highest BCUT2D eigenvalue weighted by Gasteiger charge is 2.29. The Labute approximate surface area is 173 Å². The molecule has 0 atom stereocenters. The summed E-state index contributed by atoms with van der Waals surface area (Å²) in [6.07, 6.45) is 6.63. The molecular formula is C19H24N4O5S. The van der Waals surface area contributed by atoms with Crippen molar-refractivity contribution < 1.29 is 23.9 Å². The van der Waals surface area contributed by atoms with E-state index in [2.05, 4.69) is 19.6 Å². The zero-order valence-electron chi connectivity index (χ0n) is 16.3. The van der Waals surface area contributed by atoms with E-state index in [0.29, 0.717) is 55.6 Å². The SMILES string of the molecule is COC(=O)/C=C1/SCC(=O)N1CCCOC(=O)C1CCN(c2ncccn2)CC1. The van der Waals surface area contributed by atoms with E-state index < -0.39 is 5.97 Å². The van der Waals surface area contributed by atoms with Gasteiger partial charge in [0.15, 0.2) is 0 Å². The fraction of sp³-hybridized carbons (Fsp3) is 0.526. The van der Waals surface area contributed by atoms with Crippen molar-refractivity contribution in [2.45, 2.75) is 19.3 Å². The molecule has 29 heavy (non-hydrogen) atoms. The van der Waals surface area contributed by atoms with Gasteiger partial charge in [0.05, 0.1) is 36.5 Å². The number of anilines is 1. The van der Waals surface area contributed by atoms with Gasteiger partial charge in [0.25, 0.3) is 0 Å². The number of amides is 1. The first-order valence-electron chi connectivity index (χ1n) is 9.50. The number of piperidine rings is 1. The third kappa shape index (κ3) is 5.69. The highest BCUT2D eigenvalue weighted by Crippen LogP contribution is 2.29. The Morgan fingerprint density at radius 3 is 2.69 bits per heavy atom. The van der Waals surface area contributed by atoms with E-state index in [1.54, 1.807) is 18.5 Å². The third-order valence-electron chi connectivity index (χ3n) is 4.79. The van der Waals surface area contributed by atoms with Crippen LogP contribution in [0.5, 0.6) is 0 Å². The Bertz CT molecular complexity index is 765. The molecule has 0 aliphatic carbocycles. The molecule has 3 rings (SSSR count). The number of thioether (sulfide) groups is 1. The van der Waals surface area contributed by atoms with Crippen molar-refractivity contribution in [2.24, 2.45) is 5.92 Å². The van der Waals surface area contributed by atoms with E-state index >= 15 is 0 Å². The van der Waals surface area contributed by atoms with Crippen molar-refractivity contribution >= 4 is 35.6 Å². The fourth-order valence-electron chi connectivity index (χ4n) is 3.21. The summed E-state index contributed by atoms with van der Waals surface area (Å²) in [5.41, 5.74) is 0. The molecule has 0 radical (unpaired) electrons. The van der Waals surface area contributed by atoms with E-state index in [0.717, 1.165) is 0 Å². The Morgan fingerprint density at radius 2 is 2.00 bits per heavy atom. The lowest BCUT2D eigenvalue weighted by molar-refractivity contribution is -0.149. The van der Waals surface area contributed by atoms with E-state index in [1.165, 1.54) is 29.8 Å². The van der Waals surface area contributed by atoms with Crippen LogP contribution in [0.4, 0.5) is 5.95 Å². The molecule has 1 aromatic heterocycles. The standard InChI is InChI=1S/C19H24N4O5S/c1-27-17(25)12-16-23(15(24)13-29-16)8-3-11-28-18(26)14-4-9-22(10-5-14)19-20-6-2-7-21-19/h2,6-7,12,14H,3-5,8-11,13H2,1H3/b16-12+. The lowest BCUT2D eigenvalue weighted by Crippen LogP contribution is -2.38. The molecule has 1 amide bonds. The summed E-state index contributed by atoms with van der Waals surface area (Å²) in [5, 5.41) is 0.573. The van der Waals surface area contributed by atoms with Gasteiger partial charge in [0.2, 0.25) is 11.9 Å². The molecule has 0 saturated carbocycles. The summed E-state index contributed by atoms with van der Waals surface area (Å²) in [7, 11) is 1.29. The van der Waals surface area contributed by atoms with E-state index in [4.69, 9.17) is 4.74 Å². The van der Waals surface area contributed by atoms with Gasteiger partial charge in [-0.1, -0.05) is 11.8 Å². The van der Waals surface area contributed by atoms with Gasteiger partial charge in [-0.25, -0.2) is 14.8 Å². The summed E-state index contributed by atoms with van der Waals surface area (Å²) >= 11 is 1.30. The van der Waals surface area contributed by atoms with Crippen LogP contribution in [0.2, 0.25) is 0 Å². The molecule has 0 bridgehead atoms. The van der Waals surface area contributed by atoms with Crippen molar-refractivity contribution in [3.05, 3.63) is 29.6 Å². The van der Waals surface area contributed by atoms with Crippen LogP contribution < -0.4 is 4.90 Å². The highest BCUT2D eigenvalue weighted by atomic mass is 32.2. The zero-order valence-corrected chi connectivity index (χ0v) is 17.1. The topological polar surface area (TPSA) is 102 Å². The second-order valence-corrected chi connectivity index (χ2v) is 7.67. The number of hydrogen-bond acceptors (Lipinski definition) is 9. The van der Waals surface area contributed by atoms with E-state index in [-0.39, 0.29) is 24.4 Å². The van der Waals surface area contributed by atoms with Crippen LogP contribution in [-0.2, 0) is 23.9 Å². The number of carbonyl (C=O) groups excluding carboxylic acids is 3. The fourth-order valence-corrected chi connectivity index (χ4v) is 4.17. The van der Waals surface area contributed by atoms with E-state index in [9.17, 15) is 14.4 Å². The maximum Gasteiger partial charge on any atom is 0.333 e. The maximum absolute atomic E-state index is 12.3. The van der Waals surface area contributed by atoms with Crippen LogP contribution in [0.3, 0.4) is 0 Å². The van der Waals surface area contributed by atoms with Crippen LogP contribution in [0.1, 0.15) is 19.3 Å². The number of rotatable bonds is 7. The smallest absolute Gasteiger partial charge is 0.333 e. The predicted octanol–water partition coefficient (Wildman–Crippen LogP) is 1.22. The van der Waals surface area contributed by atoms with Gasteiger partial charge in [0, 0.05) is 32.0 Å². The summed E-state index contributed by atoms with van der Waals surface area (Å²) < 4.78 is 10.0. The molecule has 2 saturated heterocycles. The van der Waals surface area contributed by atoms with Gasteiger partial charge in [0.1, 0.15) is 0 Å². The average Bonchev–Trinajstić information content (AvgIpc) is 3.10.